The Hall–Kier alpha value is -3.07. The topological polar surface area (TPSA) is 54.7 Å². The van der Waals surface area contributed by atoms with Crippen LogP contribution in [0.2, 0.25) is 0 Å². The Bertz CT molecular complexity index is 1040. The van der Waals surface area contributed by atoms with Crippen LogP contribution >= 0.6 is 0 Å². The van der Waals surface area contributed by atoms with Gasteiger partial charge >= 0.3 is 0 Å². The highest BCUT2D eigenvalue weighted by atomic mass is 14.7. The Morgan fingerprint density at radius 3 is 2.54 bits per heavy atom. The highest BCUT2D eigenvalue weighted by Crippen LogP contribution is 2.31. The first-order chi connectivity index (χ1) is 11.6. The van der Waals surface area contributed by atoms with E-state index in [1.54, 1.807) is 0 Å². The van der Waals surface area contributed by atoms with Crippen LogP contribution in [0.1, 0.15) is 11.1 Å². The number of H-pyrrole nitrogens is 1. The Morgan fingerprint density at radius 1 is 0.875 bits per heavy atom. The van der Waals surface area contributed by atoms with E-state index in [0.717, 1.165) is 16.9 Å². The molecule has 2 aromatic carbocycles. The first kappa shape index (κ1) is 14.5. The van der Waals surface area contributed by atoms with Gasteiger partial charge in [0.2, 0.25) is 0 Å². The number of anilines is 1. The molecule has 3 nitrogen and oxygen atoms in total. The minimum atomic E-state index is 0.800. The van der Waals surface area contributed by atoms with Gasteiger partial charge in [0.1, 0.15) is 0 Å². The second kappa shape index (κ2) is 5.53. The Kier molecular flexibility index (Phi) is 3.35. The summed E-state index contributed by atoms with van der Waals surface area (Å²) >= 11 is 0. The molecule has 0 saturated heterocycles. The number of aromatic nitrogens is 2. The molecule has 4 aromatic rings. The van der Waals surface area contributed by atoms with Crippen LogP contribution in [0.5, 0.6) is 0 Å². The first-order valence-corrected chi connectivity index (χ1v) is 8.02. The third kappa shape index (κ3) is 2.44. The molecule has 2 aromatic heterocycles. The molecule has 0 bridgehead atoms. The average Bonchev–Trinajstić information content (AvgIpc) is 2.98. The van der Waals surface area contributed by atoms with Crippen LogP contribution in [0.15, 0.2) is 60.9 Å². The molecule has 3 N–H and O–H groups in total. The van der Waals surface area contributed by atoms with Gasteiger partial charge in [-0.1, -0.05) is 12.1 Å². The van der Waals surface area contributed by atoms with Gasteiger partial charge in [0.05, 0.1) is 0 Å². The minimum absolute atomic E-state index is 0.800. The van der Waals surface area contributed by atoms with Gasteiger partial charge in [-0.05, 0) is 72.5 Å². The third-order valence-corrected chi connectivity index (χ3v) is 4.49. The van der Waals surface area contributed by atoms with Crippen molar-refractivity contribution >= 4 is 16.6 Å². The number of pyridine rings is 1. The van der Waals surface area contributed by atoms with E-state index in [2.05, 4.69) is 54.1 Å². The summed E-state index contributed by atoms with van der Waals surface area (Å²) in [6.07, 6.45) is 3.72. The lowest BCUT2D eigenvalue weighted by Gasteiger charge is -2.07. The lowest BCUT2D eigenvalue weighted by Crippen LogP contribution is -1.88. The summed E-state index contributed by atoms with van der Waals surface area (Å²) in [5.74, 6) is 0. The van der Waals surface area contributed by atoms with E-state index >= 15 is 0 Å². The molecule has 0 unspecified atom stereocenters. The number of rotatable bonds is 2. The van der Waals surface area contributed by atoms with Crippen molar-refractivity contribution in [1.29, 1.82) is 0 Å². The van der Waals surface area contributed by atoms with Gasteiger partial charge in [0.15, 0.2) is 0 Å². The summed E-state index contributed by atoms with van der Waals surface area (Å²) in [6.45, 7) is 4.18. The molecule has 0 fully saturated rings. The predicted octanol–water partition coefficient (Wildman–Crippen LogP) is 5.10. The van der Waals surface area contributed by atoms with Crippen molar-refractivity contribution < 1.29 is 0 Å². The molecule has 4 rings (SSSR count). The molecule has 118 valence electrons. The second-order valence-corrected chi connectivity index (χ2v) is 6.25. The van der Waals surface area contributed by atoms with E-state index in [1.807, 2.05) is 30.6 Å². The molecule has 0 amide bonds. The molecule has 0 aliphatic heterocycles. The summed E-state index contributed by atoms with van der Waals surface area (Å²) in [5.41, 5.74) is 14.9. The fraction of sp³-hybridized carbons (Fsp3) is 0.0952. The van der Waals surface area contributed by atoms with Crippen molar-refractivity contribution in [2.24, 2.45) is 0 Å². The summed E-state index contributed by atoms with van der Waals surface area (Å²) in [7, 11) is 0. The van der Waals surface area contributed by atoms with E-state index in [0.29, 0.717) is 0 Å². The van der Waals surface area contributed by atoms with E-state index in [1.165, 1.54) is 33.2 Å². The summed E-state index contributed by atoms with van der Waals surface area (Å²) < 4.78 is 0. The van der Waals surface area contributed by atoms with Gasteiger partial charge < -0.3 is 10.7 Å². The molecular weight excluding hydrogens is 294 g/mol. The van der Waals surface area contributed by atoms with E-state index in [9.17, 15) is 0 Å². The second-order valence-electron chi connectivity index (χ2n) is 6.25. The summed E-state index contributed by atoms with van der Waals surface area (Å²) in [5, 5.41) is 1.20. The molecule has 0 radical (unpaired) electrons. The van der Waals surface area contributed by atoms with E-state index in [4.69, 9.17) is 5.73 Å². The van der Waals surface area contributed by atoms with Gasteiger partial charge in [-0.15, -0.1) is 0 Å². The number of nitrogens with one attached hydrogen (secondary N) is 1. The number of hydrogen-bond acceptors (Lipinski definition) is 2. The summed E-state index contributed by atoms with van der Waals surface area (Å²) in [6, 6.07) is 16.8. The molecule has 0 aliphatic carbocycles. The standard InChI is InChI=1S/C21H19N3/c1-13-9-17(22)4-5-18(13)15-3-6-20-16(10-15)11-21(24-20)19-7-8-23-12-14(19)2/h3-12,24H,22H2,1-2H3. The largest absolute Gasteiger partial charge is 0.399 e. The van der Waals surface area contributed by atoms with Crippen molar-refractivity contribution in [3.8, 4) is 22.4 Å². The number of fused-ring (bicyclic) bond motifs is 1. The molecule has 0 aliphatic rings. The molecule has 0 spiro atoms. The molecule has 2 heterocycles. The van der Waals surface area contributed by atoms with Crippen LogP contribution in [0.4, 0.5) is 5.69 Å². The number of nitrogen functional groups attached to an aromatic ring is 1. The van der Waals surface area contributed by atoms with Crippen molar-refractivity contribution in [3.05, 3.63) is 72.1 Å². The molecular formula is C21H19N3. The number of benzene rings is 2. The highest BCUT2D eigenvalue weighted by molar-refractivity contribution is 5.90. The normalized spacial score (nSPS) is 11.1. The van der Waals surface area contributed by atoms with Crippen molar-refractivity contribution in [2.75, 3.05) is 5.73 Å². The zero-order valence-electron chi connectivity index (χ0n) is 13.8. The monoisotopic (exact) mass is 313 g/mol. The highest BCUT2D eigenvalue weighted by Gasteiger charge is 2.08. The molecule has 3 heteroatoms. The van der Waals surface area contributed by atoms with E-state index < -0.39 is 0 Å². The van der Waals surface area contributed by atoms with Gasteiger partial charge in [-0.3, -0.25) is 4.98 Å². The van der Waals surface area contributed by atoms with Crippen LogP contribution in [0.25, 0.3) is 33.3 Å². The molecule has 0 atom stereocenters. The van der Waals surface area contributed by atoms with Crippen molar-refractivity contribution in [1.82, 2.24) is 9.97 Å². The van der Waals surface area contributed by atoms with Gasteiger partial charge in [0.25, 0.3) is 0 Å². The minimum Gasteiger partial charge on any atom is -0.399 e. The lowest BCUT2D eigenvalue weighted by atomic mass is 9.99. The van der Waals surface area contributed by atoms with Crippen LogP contribution in [0.3, 0.4) is 0 Å². The van der Waals surface area contributed by atoms with Gasteiger partial charge in [-0.2, -0.15) is 0 Å². The Morgan fingerprint density at radius 2 is 1.75 bits per heavy atom. The lowest BCUT2D eigenvalue weighted by molar-refractivity contribution is 1.26. The SMILES string of the molecule is Cc1cc(N)ccc1-c1ccc2[nH]c(-c3ccncc3C)cc2c1. The van der Waals surface area contributed by atoms with Crippen molar-refractivity contribution in [3.63, 3.8) is 0 Å². The third-order valence-electron chi connectivity index (χ3n) is 4.49. The van der Waals surface area contributed by atoms with Gasteiger partial charge in [-0.25, -0.2) is 0 Å². The maximum Gasteiger partial charge on any atom is 0.0468 e. The Balaban J connectivity index is 1.83. The molecule has 0 saturated carbocycles. The number of hydrogen-bond donors (Lipinski definition) is 2. The maximum atomic E-state index is 5.87. The molecule has 24 heavy (non-hydrogen) atoms. The fourth-order valence-corrected chi connectivity index (χ4v) is 3.23. The van der Waals surface area contributed by atoms with Crippen LogP contribution in [0, 0.1) is 13.8 Å². The van der Waals surface area contributed by atoms with Crippen LogP contribution in [-0.2, 0) is 0 Å². The quantitative estimate of drug-likeness (QED) is 0.506. The Labute approximate surface area is 141 Å². The number of aromatic amines is 1. The average molecular weight is 313 g/mol. The predicted molar refractivity (Wildman–Crippen MR) is 101 cm³/mol. The van der Waals surface area contributed by atoms with E-state index in [-0.39, 0.29) is 0 Å². The zero-order valence-corrected chi connectivity index (χ0v) is 13.8. The van der Waals surface area contributed by atoms with Crippen LogP contribution < -0.4 is 5.73 Å². The van der Waals surface area contributed by atoms with Crippen LogP contribution in [-0.4, -0.2) is 9.97 Å². The first-order valence-electron chi connectivity index (χ1n) is 8.02. The number of aryl methyl sites for hydroxylation is 2. The smallest absolute Gasteiger partial charge is 0.0468 e. The summed E-state index contributed by atoms with van der Waals surface area (Å²) in [4.78, 5) is 7.68. The zero-order chi connectivity index (χ0) is 16.7. The number of nitrogens with zero attached hydrogens (tertiary/aromatic N) is 1. The maximum absolute atomic E-state index is 5.87. The fourth-order valence-electron chi connectivity index (χ4n) is 3.23. The van der Waals surface area contributed by atoms with Gasteiger partial charge in [0, 0.05) is 40.2 Å². The number of nitrogens with two attached hydrogens (primary N) is 1. The van der Waals surface area contributed by atoms with Crippen molar-refractivity contribution in [2.45, 2.75) is 13.8 Å².